The molecular formula is C12H14ClF4N. The molecule has 1 aromatic carbocycles. The van der Waals surface area contributed by atoms with Gasteiger partial charge in [-0.2, -0.15) is 13.2 Å². The van der Waals surface area contributed by atoms with Crippen molar-refractivity contribution in [3.63, 3.8) is 0 Å². The van der Waals surface area contributed by atoms with E-state index in [-0.39, 0.29) is 11.4 Å². The predicted octanol–water partition coefficient (Wildman–Crippen LogP) is 4.47. The van der Waals surface area contributed by atoms with E-state index in [1.807, 2.05) is 0 Å². The molecule has 6 heteroatoms. The standard InChI is InChI=1S/C12H14ClF4N/c1-2-18-11(5-6-12(15,16)17)8-3-4-9(13)10(14)7-8/h3-4,7,11,18H,2,5-6H2,1H3. The van der Waals surface area contributed by atoms with E-state index in [1.165, 1.54) is 18.2 Å². The topological polar surface area (TPSA) is 12.0 Å². The van der Waals surface area contributed by atoms with Crippen molar-refractivity contribution in [3.8, 4) is 0 Å². The summed E-state index contributed by atoms with van der Waals surface area (Å²) in [6.07, 6.45) is -5.24. The molecule has 102 valence electrons. The summed E-state index contributed by atoms with van der Waals surface area (Å²) in [4.78, 5) is 0. The summed E-state index contributed by atoms with van der Waals surface area (Å²) < 4.78 is 49.8. The summed E-state index contributed by atoms with van der Waals surface area (Å²) in [5.74, 6) is -0.621. The molecule has 0 aliphatic rings. The summed E-state index contributed by atoms with van der Waals surface area (Å²) in [6, 6.07) is 3.54. The Hall–Kier alpha value is -0.810. The zero-order chi connectivity index (χ0) is 13.8. The fourth-order valence-corrected chi connectivity index (χ4v) is 1.79. The minimum absolute atomic E-state index is 0.0372. The van der Waals surface area contributed by atoms with Crippen LogP contribution >= 0.6 is 11.6 Å². The first-order valence-electron chi connectivity index (χ1n) is 5.58. The van der Waals surface area contributed by atoms with Gasteiger partial charge in [-0.25, -0.2) is 4.39 Å². The maximum atomic E-state index is 13.3. The molecule has 0 radical (unpaired) electrons. The average molecular weight is 284 g/mol. The summed E-state index contributed by atoms with van der Waals surface area (Å²) in [5, 5.41) is 2.87. The Morgan fingerprint density at radius 3 is 2.50 bits per heavy atom. The monoisotopic (exact) mass is 283 g/mol. The summed E-state index contributed by atoms with van der Waals surface area (Å²) in [7, 11) is 0. The number of rotatable bonds is 5. The molecule has 0 heterocycles. The fraction of sp³-hybridized carbons (Fsp3) is 0.500. The highest BCUT2D eigenvalue weighted by atomic mass is 35.5. The molecule has 0 aromatic heterocycles. The van der Waals surface area contributed by atoms with Gasteiger partial charge in [-0.15, -0.1) is 0 Å². The Bertz CT molecular complexity index is 392. The molecule has 1 N–H and O–H groups in total. The van der Waals surface area contributed by atoms with Gasteiger partial charge in [0.1, 0.15) is 5.82 Å². The van der Waals surface area contributed by atoms with Crippen LogP contribution in [-0.4, -0.2) is 12.7 Å². The van der Waals surface area contributed by atoms with Crippen molar-refractivity contribution in [2.24, 2.45) is 0 Å². The van der Waals surface area contributed by atoms with Gasteiger partial charge < -0.3 is 5.32 Å². The number of halogens is 5. The third kappa shape index (κ3) is 4.82. The third-order valence-electron chi connectivity index (χ3n) is 2.51. The largest absolute Gasteiger partial charge is 0.389 e. The van der Waals surface area contributed by atoms with Gasteiger partial charge >= 0.3 is 6.18 Å². The first kappa shape index (κ1) is 15.2. The highest BCUT2D eigenvalue weighted by molar-refractivity contribution is 6.30. The van der Waals surface area contributed by atoms with Crippen molar-refractivity contribution >= 4 is 11.6 Å². The van der Waals surface area contributed by atoms with Crippen LogP contribution in [0.15, 0.2) is 18.2 Å². The number of benzene rings is 1. The Kier molecular flexibility index (Phi) is 5.41. The Labute approximate surface area is 108 Å². The quantitative estimate of drug-likeness (QED) is 0.786. The van der Waals surface area contributed by atoms with Gasteiger partial charge in [0.25, 0.3) is 0 Å². The molecule has 1 aromatic rings. The molecule has 0 saturated carbocycles. The van der Waals surface area contributed by atoms with Gasteiger partial charge in [0.15, 0.2) is 0 Å². The van der Waals surface area contributed by atoms with E-state index in [9.17, 15) is 17.6 Å². The first-order valence-corrected chi connectivity index (χ1v) is 5.96. The molecule has 0 aliphatic heterocycles. The molecule has 0 aliphatic carbocycles. The van der Waals surface area contributed by atoms with E-state index in [0.29, 0.717) is 12.1 Å². The van der Waals surface area contributed by atoms with Crippen molar-refractivity contribution < 1.29 is 17.6 Å². The van der Waals surface area contributed by atoms with E-state index in [0.717, 1.165) is 0 Å². The minimum Gasteiger partial charge on any atom is -0.310 e. The van der Waals surface area contributed by atoms with Gasteiger partial charge in [0, 0.05) is 12.5 Å². The van der Waals surface area contributed by atoms with Crippen LogP contribution in [-0.2, 0) is 0 Å². The van der Waals surface area contributed by atoms with Gasteiger partial charge in [-0.1, -0.05) is 24.6 Å². The smallest absolute Gasteiger partial charge is 0.310 e. The Morgan fingerprint density at radius 1 is 1.33 bits per heavy atom. The van der Waals surface area contributed by atoms with E-state index in [1.54, 1.807) is 6.92 Å². The van der Waals surface area contributed by atoms with E-state index < -0.39 is 24.5 Å². The molecule has 0 bridgehead atoms. The molecule has 0 spiro atoms. The molecule has 18 heavy (non-hydrogen) atoms. The van der Waals surface area contributed by atoms with Crippen LogP contribution in [0.25, 0.3) is 0 Å². The highest BCUT2D eigenvalue weighted by Crippen LogP contribution is 2.28. The van der Waals surface area contributed by atoms with Crippen LogP contribution in [0.3, 0.4) is 0 Å². The van der Waals surface area contributed by atoms with E-state index >= 15 is 0 Å². The van der Waals surface area contributed by atoms with Crippen molar-refractivity contribution in [1.82, 2.24) is 5.32 Å². The van der Waals surface area contributed by atoms with Crippen molar-refractivity contribution in [2.45, 2.75) is 32.0 Å². The lowest BCUT2D eigenvalue weighted by Gasteiger charge is -2.19. The van der Waals surface area contributed by atoms with Gasteiger partial charge in [0.2, 0.25) is 0 Å². The zero-order valence-electron chi connectivity index (χ0n) is 9.82. The summed E-state index contributed by atoms with van der Waals surface area (Å²) in [5.41, 5.74) is 0.475. The van der Waals surface area contributed by atoms with Crippen molar-refractivity contribution in [3.05, 3.63) is 34.6 Å². The van der Waals surface area contributed by atoms with Crippen LogP contribution in [0.4, 0.5) is 17.6 Å². The molecule has 1 unspecified atom stereocenters. The van der Waals surface area contributed by atoms with E-state index in [4.69, 9.17) is 11.6 Å². The zero-order valence-corrected chi connectivity index (χ0v) is 10.6. The van der Waals surface area contributed by atoms with Crippen LogP contribution in [0, 0.1) is 5.82 Å². The molecular weight excluding hydrogens is 270 g/mol. The summed E-state index contributed by atoms with van der Waals surface area (Å²) in [6.45, 7) is 2.29. The molecule has 1 atom stereocenters. The van der Waals surface area contributed by atoms with Crippen LogP contribution in [0.2, 0.25) is 5.02 Å². The third-order valence-corrected chi connectivity index (χ3v) is 2.82. The number of alkyl halides is 3. The van der Waals surface area contributed by atoms with E-state index in [2.05, 4.69) is 5.32 Å². The average Bonchev–Trinajstić information content (AvgIpc) is 2.27. The Balaban J connectivity index is 2.80. The lowest BCUT2D eigenvalue weighted by atomic mass is 10.0. The van der Waals surface area contributed by atoms with Crippen molar-refractivity contribution in [2.75, 3.05) is 6.54 Å². The molecule has 1 rings (SSSR count). The SMILES string of the molecule is CCNC(CCC(F)(F)F)c1ccc(Cl)c(F)c1. The van der Waals surface area contributed by atoms with Crippen LogP contribution in [0.5, 0.6) is 0 Å². The fourth-order valence-electron chi connectivity index (χ4n) is 1.67. The summed E-state index contributed by atoms with van der Waals surface area (Å²) >= 11 is 5.54. The minimum atomic E-state index is -4.21. The maximum Gasteiger partial charge on any atom is 0.389 e. The Morgan fingerprint density at radius 2 is 2.00 bits per heavy atom. The molecule has 0 fully saturated rings. The first-order chi connectivity index (χ1) is 8.33. The van der Waals surface area contributed by atoms with Gasteiger partial charge in [-0.3, -0.25) is 0 Å². The number of hydrogen-bond donors (Lipinski definition) is 1. The predicted molar refractivity (Wildman–Crippen MR) is 63.1 cm³/mol. The lowest BCUT2D eigenvalue weighted by molar-refractivity contribution is -0.136. The van der Waals surface area contributed by atoms with Crippen LogP contribution < -0.4 is 5.32 Å². The highest BCUT2D eigenvalue weighted by Gasteiger charge is 2.28. The van der Waals surface area contributed by atoms with Gasteiger partial charge in [-0.05, 0) is 30.7 Å². The van der Waals surface area contributed by atoms with Crippen molar-refractivity contribution in [1.29, 1.82) is 0 Å². The number of hydrogen-bond acceptors (Lipinski definition) is 1. The normalized spacial score (nSPS) is 13.7. The van der Waals surface area contributed by atoms with Gasteiger partial charge in [0.05, 0.1) is 5.02 Å². The van der Waals surface area contributed by atoms with Crippen LogP contribution in [0.1, 0.15) is 31.4 Å². The second kappa shape index (κ2) is 6.38. The lowest BCUT2D eigenvalue weighted by Crippen LogP contribution is -2.23. The number of nitrogens with one attached hydrogen (secondary N) is 1. The second-order valence-electron chi connectivity index (χ2n) is 3.94. The molecule has 0 amide bonds. The second-order valence-corrected chi connectivity index (χ2v) is 4.34. The molecule has 0 saturated heterocycles. The maximum absolute atomic E-state index is 13.3. The molecule has 1 nitrogen and oxygen atoms in total.